The number of rotatable bonds is 4. The summed E-state index contributed by atoms with van der Waals surface area (Å²) in [5.74, 6) is 1.19. The Morgan fingerprint density at radius 2 is 2.26 bits per heavy atom. The summed E-state index contributed by atoms with van der Waals surface area (Å²) < 4.78 is 8.22. The second kappa shape index (κ2) is 5.75. The molecule has 1 heterocycles. The van der Waals surface area contributed by atoms with E-state index in [2.05, 4.69) is 20.9 Å². The van der Waals surface area contributed by atoms with E-state index in [9.17, 15) is 4.79 Å². The smallest absolute Gasteiger partial charge is 0.163 e. The Balaban J connectivity index is 2.20. The predicted octanol–water partition coefficient (Wildman–Crippen LogP) is 3.62. The number of halogens is 2. The van der Waals surface area contributed by atoms with Crippen LogP contribution in [-0.4, -0.2) is 15.3 Å². The van der Waals surface area contributed by atoms with E-state index in [0.717, 1.165) is 4.47 Å². The molecule has 0 atom stereocenters. The van der Waals surface area contributed by atoms with Crippen molar-refractivity contribution in [1.82, 2.24) is 9.55 Å². The Morgan fingerprint density at radius 3 is 2.84 bits per heavy atom. The third kappa shape index (κ3) is 3.16. The number of nitrogens with zero attached hydrogens (tertiary/aromatic N) is 2. The van der Waals surface area contributed by atoms with Crippen molar-refractivity contribution in [1.29, 1.82) is 0 Å². The molecule has 0 spiro atoms. The fourth-order valence-corrected chi connectivity index (χ4v) is 2.11. The molecule has 0 fully saturated rings. The van der Waals surface area contributed by atoms with Gasteiger partial charge in [0.05, 0.1) is 11.8 Å². The van der Waals surface area contributed by atoms with Crippen LogP contribution in [0.25, 0.3) is 0 Å². The Morgan fingerprint density at radius 1 is 1.53 bits per heavy atom. The van der Waals surface area contributed by atoms with Crippen LogP contribution in [0.15, 0.2) is 28.9 Å². The molecule has 0 unspecified atom stereocenters. The number of carbonyl (C=O) groups is 1. The summed E-state index contributed by atoms with van der Waals surface area (Å²) in [6.07, 6.45) is 1.56. The molecule has 1 aromatic heterocycles. The summed E-state index contributed by atoms with van der Waals surface area (Å²) in [7, 11) is 1.81. The van der Waals surface area contributed by atoms with Crippen molar-refractivity contribution in [2.45, 2.75) is 13.5 Å². The Bertz CT molecular complexity index is 625. The number of imidazole rings is 1. The molecular weight excluding hydrogens is 332 g/mol. The summed E-state index contributed by atoms with van der Waals surface area (Å²) in [6, 6.07) is 5.32. The first-order valence-electron chi connectivity index (χ1n) is 5.58. The first-order chi connectivity index (χ1) is 8.99. The van der Waals surface area contributed by atoms with Crippen LogP contribution in [0.1, 0.15) is 23.1 Å². The average Bonchev–Trinajstić information content (AvgIpc) is 2.68. The van der Waals surface area contributed by atoms with Gasteiger partial charge in [-0.15, -0.1) is 0 Å². The zero-order valence-electron chi connectivity index (χ0n) is 10.5. The van der Waals surface area contributed by atoms with Crippen LogP contribution in [0.4, 0.5) is 0 Å². The van der Waals surface area contributed by atoms with Crippen molar-refractivity contribution < 1.29 is 9.53 Å². The molecule has 0 amide bonds. The highest BCUT2D eigenvalue weighted by Gasteiger charge is 2.11. The molecule has 6 heteroatoms. The molecular formula is C13H12BrClN2O2. The lowest BCUT2D eigenvalue weighted by Crippen LogP contribution is -2.06. The quantitative estimate of drug-likeness (QED) is 0.797. The minimum Gasteiger partial charge on any atom is -0.485 e. The molecule has 1 aromatic carbocycles. The number of carbonyl (C=O) groups excluding carboxylic acids is 1. The molecule has 0 aliphatic carbocycles. The van der Waals surface area contributed by atoms with Gasteiger partial charge in [0.2, 0.25) is 0 Å². The second-order valence-corrected chi connectivity index (χ2v) is 5.34. The molecule has 19 heavy (non-hydrogen) atoms. The Kier molecular flexibility index (Phi) is 4.27. The van der Waals surface area contributed by atoms with E-state index in [1.54, 1.807) is 22.9 Å². The molecule has 0 radical (unpaired) electrons. The maximum atomic E-state index is 11.6. The third-order valence-corrected chi connectivity index (χ3v) is 3.55. The molecule has 0 saturated heterocycles. The lowest BCUT2D eigenvalue weighted by molar-refractivity contribution is 0.101. The number of Topliss-reactive ketones (excluding diaryl/α,β-unsaturated/α-hetero) is 1. The monoisotopic (exact) mass is 342 g/mol. The van der Waals surface area contributed by atoms with Gasteiger partial charge < -0.3 is 9.30 Å². The van der Waals surface area contributed by atoms with E-state index in [0.29, 0.717) is 22.3 Å². The van der Waals surface area contributed by atoms with Gasteiger partial charge in [0.25, 0.3) is 0 Å². The highest BCUT2D eigenvalue weighted by Crippen LogP contribution is 2.24. The number of ether oxygens (including phenoxy) is 1. The first kappa shape index (κ1) is 14.1. The molecule has 4 nitrogen and oxygen atoms in total. The van der Waals surface area contributed by atoms with Crippen molar-refractivity contribution in [2.24, 2.45) is 7.05 Å². The molecule has 0 aliphatic heterocycles. The van der Waals surface area contributed by atoms with E-state index in [1.165, 1.54) is 6.92 Å². The molecule has 0 bridgehead atoms. The zero-order chi connectivity index (χ0) is 14.0. The largest absolute Gasteiger partial charge is 0.485 e. The first-order valence-corrected chi connectivity index (χ1v) is 6.75. The van der Waals surface area contributed by atoms with Crippen LogP contribution in [-0.2, 0) is 13.7 Å². The standard InChI is InChI=1S/C13H12BrClN2O2/c1-8(18)10-5-9(14)3-4-11(10)19-7-13-16-6-12(15)17(13)2/h3-6H,7H2,1-2H3. The Hall–Kier alpha value is -1.33. The molecule has 0 N–H and O–H groups in total. The van der Waals surface area contributed by atoms with Crippen molar-refractivity contribution in [3.63, 3.8) is 0 Å². The summed E-state index contributed by atoms with van der Waals surface area (Å²) in [5.41, 5.74) is 0.537. The van der Waals surface area contributed by atoms with Crippen LogP contribution >= 0.6 is 27.5 Å². The van der Waals surface area contributed by atoms with Gasteiger partial charge in [-0.3, -0.25) is 4.79 Å². The van der Waals surface area contributed by atoms with E-state index in [1.807, 2.05) is 13.1 Å². The summed E-state index contributed by atoms with van der Waals surface area (Å²) in [5, 5.41) is 0.543. The summed E-state index contributed by atoms with van der Waals surface area (Å²) in [6.45, 7) is 1.76. The Labute approximate surface area is 124 Å². The fraction of sp³-hybridized carbons (Fsp3) is 0.231. The third-order valence-electron chi connectivity index (χ3n) is 2.71. The van der Waals surface area contributed by atoms with Crippen molar-refractivity contribution in [3.8, 4) is 5.75 Å². The van der Waals surface area contributed by atoms with Crippen LogP contribution in [0, 0.1) is 0 Å². The van der Waals surface area contributed by atoms with Gasteiger partial charge in [-0.1, -0.05) is 27.5 Å². The topological polar surface area (TPSA) is 44.1 Å². The van der Waals surface area contributed by atoms with Crippen molar-refractivity contribution in [2.75, 3.05) is 0 Å². The lowest BCUT2D eigenvalue weighted by atomic mass is 10.1. The van der Waals surface area contributed by atoms with E-state index < -0.39 is 0 Å². The molecule has 2 aromatic rings. The van der Waals surface area contributed by atoms with Gasteiger partial charge in [-0.2, -0.15) is 0 Å². The van der Waals surface area contributed by atoms with Crippen LogP contribution in [0.3, 0.4) is 0 Å². The maximum absolute atomic E-state index is 11.6. The van der Waals surface area contributed by atoms with Gasteiger partial charge in [0, 0.05) is 11.5 Å². The van der Waals surface area contributed by atoms with Crippen molar-refractivity contribution in [3.05, 3.63) is 45.4 Å². The number of hydrogen-bond donors (Lipinski definition) is 0. The zero-order valence-corrected chi connectivity index (χ0v) is 12.8. The second-order valence-electron chi connectivity index (χ2n) is 4.04. The number of aromatic nitrogens is 2. The van der Waals surface area contributed by atoms with E-state index in [-0.39, 0.29) is 12.4 Å². The lowest BCUT2D eigenvalue weighted by Gasteiger charge is -2.10. The molecule has 2 rings (SSSR count). The molecule has 100 valence electrons. The number of benzene rings is 1. The minimum absolute atomic E-state index is 0.0471. The minimum atomic E-state index is -0.0471. The normalized spacial score (nSPS) is 10.5. The van der Waals surface area contributed by atoms with E-state index in [4.69, 9.17) is 16.3 Å². The fourth-order valence-electron chi connectivity index (χ4n) is 1.60. The average molecular weight is 344 g/mol. The molecule has 0 aliphatic rings. The highest BCUT2D eigenvalue weighted by atomic mass is 79.9. The van der Waals surface area contributed by atoms with Crippen LogP contribution in [0.2, 0.25) is 5.15 Å². The van der Waals surface area contributed by atoms with Gasteiger partial charge in [-0.25, -0.2) is 4.98 Å². The van der Waals surface area contributed by atoms with Gasteiger partial charge in [0.15, 0.2) is 5.78 Å². The van der Waals surface area contributed by atoms with Gasteiger partial charge >= 0.3 is 0 Å². The summed E-state index contributed by atoms with van der Waals surface area (Å²) in [4.78, 5) is 15.7. The number of hydrogen-bond acceptors (Lipinski definition) is 3. The molecule has 0 saturated carbocycles. The SMILES string of the molecule is CC(=O)c1cc(Br)ccc1OCc1ncc(Cl)n1C. The van der Waals surface area contributed by atoms with Crippen molar-refractivity contribution >= 4 is 33.3 Å². The van der Waals surface area contributed by atoms with Gasteiger partial charge in [-0.05, 0) is 25.1 Å². The van der Waals surface area contributed by atoms with Crippen LogP contribution in [0.5, 0.6) is 5.75 Å². The summed E-state index contributed by atoms with van der Waals surface area (Å²) >= 11 is 9.23. The predicted molar refractivity (Wildman–Crippen MR) is 76.7 cm³/mol. The maximum Gasteiger partial charge on any atom is 0.163 e. The number of ketones is 1. The van der Waals surface area contributed by atoms with Gasteiger partial charge in [0.1, 0.15) is 23.3 Å². The van der Waals surface area contributed by atoms with Crippen LogP contribution < -0.4 is 4.74 Å². The highest BCUT2D eigenvalue weighted by molar-refractivity contribution is 9.10. The van der Waals surface area contributed by atoms with E-state index >= 15 is 0 Å².